The minimum Gasteiger partial charge on any atom is -0.447 e. The van der Waals surface area contributed by atoms with E-state index < -0.39 is 0 Å². The molecule has 0 N–H and O–H groups in total. The number of ether oxygens (including phenoxy) is 1. The number of carbonyl (C=O) groups is 1. The molecule has 2 saturated heterocycles. The molecule has 90 valence electrons. The van der Waals surface area contributed by atoms with E-state index in [1.807, 2.05) is 17.2 Å². The molecule has 2 aliphatic rings. The number of cyclic esters (lactones) is 1. The maximum Gasteiger partial charge on any atom is 0.410 e. The van der Waals surface area contributed by atoms with E-state index in [1.165, 1.54) is 5.56 Å². The van der Waals surface area contributed by atoms with Gasteiger partial charge in [0.15, 0.2) is 0 Å². The second-order valence-corrected chi connectivity index (χ2v) is 4.52. The average Bonchev–Trinajstić information content (AvgIpc) is 2.72. The van der Waals surface area contributed by atoms with Crippen molar-refractivity contribution in [2.24, 2.45) is 0 Å². The maximum absolute atomic E-state index is 11.3. The first kappa shape index (κ1) is 10.5. The number of amides is 1. The van der Waals surface area contributed by atoms with Crippen molar-refractivity contribution < 1.29 is 9.53 Å². The van der Waals surface area contributed by atoms with Crippen molar-refractivity contribution in [3.05, 3.63) is 30.1 Å². The Hall–Kier alpha value is -1.62. The largest absolute Gasteiger partial charge is 0.447 e. The lowest BCUT2D eigenvalue weighted by Crippen LogP contribution is -2.51. The summed E-state index contributed by atoms with van der Waals surface area (Å²) in [7, 11) is 0. The molecule has 1 aromatic heterocycles. The number of piperazine rings is 1. The van der Waals surface area contributed by atoms with Gasteiger partial charge in [0.25, 0.3) is 0 Å². The number of fused-ring (bicyclic) bond motifs is 1. The minimum atomic E-state index is -0.156. The molecule has 0 bridgehead atoms. The van der Waals surface area contributed by atoms with Crippen molar-refractivity contribution in [2.45, 2.75) is 12.6 Å². The van der Waals surface area contributed by atoms with E-state index in [9.17, 15) is 4.79 Å². The highest BCUT2D eigenvalue weighted by Crippen LogP contribution is 2.18. The molecule has 3 heterocycles. The Morgan fingerprint density at radius 1 is 1.47 bits per heavy atom. The fourth-order valence-electron chi connectivity index (χ4n) is 2.45. The van der Waals surface area contributed by atoms with Crippen molar-refractivity contribution in [1.29, 1.82) is 0 Å². The molecule has 0 aliphatic carbocycles. The maximum atomic E-state index is 11.3. The van der Waals surface area contributed by atoms with Gasteiger partial charge in [-0.05, 0) is 11.6 Å². The summed E-state index contributed by atoms with van der Waals surface area (Å²) in [5, 5.41) is 0. The van der Waals surface area contributed by atoms with Gasteiger partial charge >= 0.3 is 6.09 Å². The Bertz CT molecular complexity index is 409. The van der Waals surface area contributed by atoms with Crippen LogP contribution in [0.2, 0.25) is 0 Å². The average molecular weight is 233 g/mol. The lowest BCUT2D eigenvalue weighted by atomic mass is 10.2. The van der Waals surface area contributed by atoms with Gasteiger partial charge in [0, 0.05) is 38.6 Å². The van der Waals surface area contributed by atoms with E-state index >= 15 is 0 Å². The summed E-state index contributed by atoms with van der Waals surface area (Å²) in [4.78, 5) is 19.6. The van der Waals surface area contributed by atoms with E-state index in [-0.39, 0.29) is 12.1 Å². The normalized spacial score (nSPS) is 24.6. The molecule has 0 saturated carbocycles. The first-order chi connectivity index (χ1) is 8.33. The third-order valence-corrected chi connectivity index (χ3v) is 3.33. The summed E-state index contributed by atoms with van der Waals surface area (Å²) >= 11 is 0. The van der Waals surface area contributed by atoms with Crippen LogP contribution in [-0.4, -0.2) is 53.2 Å². The van der Waals surface area contributed by atoms with Crippen LogP contribution in [0.25, 0.3) is 0 Å². The zero-order valence-corrected chi connectivity index (χ0v) is 9.58. The zero-order chi connectivity index (χ0) is 11.7. The van der Waals surface area contributed by atoms with E-state index in [1.54, 1.807) is 6.20 Å². The van der Waals surface area contributed by atoms with Crippen LogP contribution < -0.4 is 0 Å². The van der Waals surface area contributed by atoms with Crippen molar-refractivity contribution in [1.82, 2.24) is 14.8 Å². The van der Waals surface area contributed by atoms with E-state index in [0.29, 0.717) is 6.61 Å². The van der Waals surface area contributed by atoms with Gasteiger partial charge in [-0.3, -0.25) is 14.8 Å². The summed E-state index contributed by atoms with van der Waals surface area (Å²) in [6, 6.07) is 4.26. The third-order valence-electron chi connectivity index (χ3n) is 3.33. The third kappa shape index (κ3) is 2.10. The molecular formula is C12H15N3O2. The molecule has 1 amide bonds. The van der Waals surface area contributed by atoms with E-state index in [4.69, 9.17) is 4.74 Å². The Labute approximate surface area is 100.0 Å². The molecule has 3 rings (SSSR count). The number of hydrogen-bond donors (Lipinski definition) is 0. The van der Waals surface area contributed by atoms with Gasteiger partial charge in [-0.2, -0.15) is 0 Å². The number of carbonyl (C=O) groups excluding carboxylic acids is 1. The molecule has 2 aliphatic heterocycles. The molecule has 1 atom stereocenters. The zero-order valence-electron chi connectivity index (χ0n) is 9.58. The Kier molecular flexibility index (Phi) is 2.68. The smallest absolute Gasteiger partial charge is 0.410 e. The number of nitrogens with zero attached hydrogens (tertiary/aromatic N) is 3. The topological polar surface area (TPSA) is 45.7 Å². The summed E-state index contributed by atoms with van der Waals surface area (Å²) in [6.07, 6.45) is 3.52. The second kappa shape index (κ2) is 4.33. The first-order valence-electron chi connectivity index (χ1n) is 5.87. The summed E-state index contributed by atoms with van der Waals surface area (Å²) in [6.45, 7) is 3.99. The Balaban J connectivity index is 1.62. The minimum absolute atomic E-state index is 0.156. The first-order valence-corrected chi connectivity index (χ1v) is 5.87. The Morgan fingerprint density at radius 3 is 3.24 bits per heavy atom. The lowest BCUT2D eigenvalue weighted by molar-refractivity contribution is 0.115. The highest BCUT2D eigenvalue weighted by molar-refractivity contribution is 5.70. The predicted molar refractivity (Wildman–Crippen MR) is 61.4 cm³/mol. The van der Waals surface area contributed by atoms with Crippen LogP contribution in [0.5, 0.6) is 0 Å². The van der Waals surface area contributed by atoms with Crippen molar-refractivity contribution >= 4 is 6.09 Å². The van der Waals surface area contributed by atoms with Crippen LogP contribution in [0.15, 0.2) is 24.5 Å². The number of pyridine rings is 1. The molecule has 0 aromatic carbocycles. The van der Waals surface area contributed by atoms with Crippen LogP contribution >= 0.6 is 0 Å². The number of hydrogen-bond acceptors (Lipinski definition) is 4. The van der Waals surface area contributed by atoms with Gasteiger partial charge in [0.05, 0.1) is 6.04 Å². The van der Waals surface area contributed by atoms with Gasteiger partial charge < -0.3 is 4.74 Å². The monoisotopic (exact) mass is 233 g/mol. The van der Waals surface area contributed by atoms with E-state index in [0.717, 1.165) is 26.2 Å². The summed E-state index contributed by atoms with van der Waals surface area (Å²) < 4.78 is 5.05. The van der Waals surface area contributed by atoms with Crippen molar-refractivity contribution in [3.63, 3.8) is 0 Å². The molecule has 0 unspecified atom stereocenters. The fraction of sp³-hybridized carbons (Fsp3) is 0.500. The summed E-state index contributed by atoms with van der Waals surface area (Å²) in [5.41, 5.74) is 1.21. The molecule has 0 spiro atoms. The second-order valence-electron chi connectivity index (χ2n) is 4.52. The highest BCUT2D eigenvalue weighted by atomic mass is 16.6. The molecule has 17 heavy (non-hydrogen) atoms. The molecule has 0 radical (unpaired) electrons. The van der Waals surface area contributed by atoms with Crippen molar-refractivity contribution in [2.75, 3.05) is 26.2 Å². The highest BCUT2D eigenvalue weighted by Gasteiger charge is 2.37. The van der Waals surface area contributed by atoms with Gasteiger partial charge in [0.1, 0.15) is 6.61 Å². The molecular weight excluding hydrogens is 218 g/mol. The molecule has 1 aromatic rings. The van der Waals surface area contributed by atoms with Crippen LogP contribution in [-0.2, 0) is 11.3 Å². The quantitative estimate of drug-likeness (QED) is 0.755. The van der Waals surface area contributed by atoms with Gasteiger partial charge in [-0.25, -0.2) is 4.79 Å². The predicted octanol–water partition coefficient (Wildman–Crippen LogP) is 0.718. The van der Waals surface area contributed by atoms with Crippen LogP contribution in [0.3, 0.4) is 0 Å². The van der Waals surface area contributed by atoms with Crippen LogP contribution in [0, 0.1) is 0 Å². The SMILES string of the molecule is O=C1OC[C@H]2CN(Cc3cccnc3)CCN12. The van der Waals surface area contributed by atoms with Crippen LogP contribution in [0.1, 0.15) is 5.56 Å². The van der Waals surface area contributed by atoms with Crippen molar-refractivity contribution in [3.8, 4) is 0 Å². The van der Waals surface area contributed by atoms with Gasteiger partial charge in [-0.1, -0.05) is 6.07 Å². The van der Waals surface area contributed by atoms with Gasteiger partial charge in [-0.15, -0.1) is 0 Å². The molecule has 5 nitrogen and oxygen atoms in total. The molecule has 2 fully saturated rings. The van der Waals surface area contributed by atoms with Crippen LogP contribution in [0.4, 0.5) is 4.79 Å². The number of aromatic nitrogens is 1. The lowest BCUT2D eigenvalue weighted by Gasteiger charge is -2.35. The number of rotatable bonds is 2. The van der Waals surface area contributed by atoms with E-state index in [2.05, 4.69) is 16.0 Å². The molecule has 5 heteroatoms. The summed E-state index contributed by atoms with van der Waals surface area (Å²) in [5.74, 6) is 0. The standard InChI is InChI=1S/C12H15N3O2/c16-12-15-5-4-14(8-11(15)9-17-12)7-10-2-1-3-13-6-10/h1-3,6,11H,4-5,7-9H2/t11-/m1/s1. The van der Waals surface area contributed by atoms with Gasteiger partial charge in [0.2, 0.25) is 0 Å². The Morgan fingerprint density at radius 2 is 2.41 bits per heavy atom. The fourth-order valence-corrected chi connectivity index (χ4v) is 2.45.